The Kier molecular flexibility index (Phi) is 6.74. The molecule has 3 aromatic carbocycles. The number of hydrogen-bond acceptors (Lipinski definition) is 7. The summed E-state index contributed by atoms with van der Waals surface area (Å²) in [6.45, 7) is 0.680. The highest BCUT2D eigenvalue weighted by Crippen LogP contribution is 2.37. The van der Waals surface area contributed by atoms with Gasteiger partial charge in [0.25, 0.3) is 5.91 Å². The zero-order chi connectivity index (χ0) is 28.7. The number of nitrogens with one attached hydrogen (secondary N) is 2. The molecule has 41 heavy (non-hydrogen) atoms. The summed E-state index contributed by atoms with van der Waals surface area (Å²) in [6.07, 6.45) is 1.82. The maximum absolute atomic E-state index is 13.2. The van der Waals surface area contributed by atoms with Crippen molar-refractivity contribution in [1.29, 1.82) is 0 Å². The smallest absolute Gasteiger partial charge is 0.256 e. The monoisotopic (exact) mass is 553 g/mol. The molecule has 1 fully saturated rings. The molecular formula is C31H27N3O7. The lowest BCUT2D eigenvalue weighted by atomic mass is 9.83. The molecule has 1 unspecified atom stereocenters. The summed E-state index contributed by atoms with van der Waals surface area (Å²) in [7, 11) is 1.46. The molecule has 6 rings (SSSR count). The number of anilines is 2. The molecule has 1 saturated heterocycles. The van der Waals surface area contributed by atoms with Crippen LogP contribution in [0.5, 0.6) is 11.5 Å². The van der Waals surface area contributed by atoms with E-state index in [9.17, 15) is 24.0 Å². The van der Waals surface area contributed by atoms with Crippen molar-refractivity contribution >= 4 is 40.7 Å². The second-order valence-electron chi connectivity index (χ2n) is 10.1. The molecule has 3 aliphatic rings. The number of amides is 3. The number of hydrogen-bond donors (Lipinski definition) is 2. The molecule has 0 saturated carbocycles. The third-order valence-electron chi connectivity index (χ3n) is 7.64. The Balaban J connectivity index is 1.11. The molecular weight excluding hydrogens is 526 g/mol. The topological polar surface area (TPSA) is 131 Å². The molecule has 2 heterocycles. The summed E-state index contributed by atoms with van der Waals surface area (Å²) in [6, 6.07) is 14.1. The van der Waals surface area contributed by atoms with Crippen molar-refractivity contribution < 1.29 is 33.4 Å². The van der Waals surface area contributed by atoms with Gasteiger partial charge in [-0.2, -0.15) is 0 Å². The molecule has 1 aliphatic carbocycles. The number of carbonyl (C=O) groups is 5. The van der Waals surface area contributed by atoms with Gasteiger partial charge in [0.15, 0.2) is 23.1 Å². The summed E-state index contributed by atoms with van der Waals surface area (Å²) < 4.78 is 11.3. The Hall–Kier alpha value is -4.99. The molecule has 208 valence electrons. The molecule has 10 nitrogen and oxygen atoms in total. The number of methoxy groups -OCH3 is 1. The van der Waals surface area contributed by atoms with E-state index >= 15 is 0 Å². The maximum atomic E-state index is 13.2. The van der Waals surface area contributed by atoms with Gasteiger partial charge >= 0.3 is 0 Å². The first-order chi connectivity index (χ1) is 19.9. The Labute approximate surface area is 235 Å². The minimum Gasteiger partial charge on any atom is -0.493 e. The first kappa shape index (κ1) is 26.2. The van der Waals surface area contributed by atoms with Crippen LogP contribution in [0.1, 0.15) is 67.9 Å². The van der Waals surface area contributed by atoms with Crippen LogP contribution < -0.4 is 20.1 Å². The number of carbonyl (C=O) groups excluding carboxylic acids is 5. The van der Waals surface area contributed by atoms with E-state index in [1.54, 1.807) is 59.5 Å². The number of ketones is 2. The van der Waals surface area contributed by atoms with Crippen molar-refractivity contribution in [2.24, 2.45) is 0 Å². The lowest BCUT2D eigenvalue weighted by Gasteiger charge is -2.20. The SMILES string of the molecule is COc1cc2c(cc1OCCCC(=O)Nc1cccc3c1C(=O)c1ccccc1C3=O)NC(=O)C1CCCN1C2=O. The largest absolute Gasteiger partial charge is 0.493 e. The van der Waals surface area contributed by atoms with Crippen molar-refractivity contribution in [3.8, 4) is 11.5 Å². The zero-order valence-corrected chi connectivity index (χ0v) is 22.3. The van der Waals surface area contributed by atoms with Crippen molar-refractivity contribution in [2.75, 3.05) is 30.9 Å². The van der Waals surface area contributed by atoms with Crippen LogP contribution in [0.25, 0.3) is 0 Å². The van der Waals surface area contributed by atoms with E-state index in [1.165, 1.54) is 7.11 Å². The summed E-state index contributed by atoms with van der Waals surface area (Å²) in [5.41, 5.74) is 2.10. The highest BCUT2D eigenvalue weighted by atomic mass is 16.5. The Morgan fingerprint density at radius 1 is 0.951 bits per heavy atom. The van der Waals surface area contributed by atoms with Gasteiger partial charge in [0, 0.05) is 35.7 Å². The Bertz CT molecular complexity index is 1630. The van der Waals surface area contributed by atoms with Gasteiger partial charge in [0.05, 0.1) is 36.2 Å². The molecule has 0 spiro atoms. The van der Waals surface area contributed by atoms with E-state index in [0.29, 0.717) is 53.3 Å². The highest BCUT2D eigenvalue weighted by Gasteiger charge is 2.39. The number of ether oxygens (including phenoxy) is 2. The fraction of sp³-hybridized carbons (Fsp3) is 0.258. The van der Waals surface area contributed by atoms with E-state index in [4.69, 9.17) is 9.47 Å². The van der Waals surface area contributed by atoms with Crippen molar-refractivity contribution in [1.82, 2.24) is 4.90 Å². The van der Waals surface area contributed by atoms with Gasteiger partial charge in [-0.25, -0.2) is 0 Å². The molecule has 3 aromatic rings. The minimum absolute atomic E-state index is 0.0848. The third kappa shape index (κ3) is 4.61. The summed E-state index contributed by atoms with van der Waals surface area (Å²) in [5, 5.41) is 5.61. The normalized spacial score (nSPS) is 17.1. The summed E-state index contributed by atoms with van der Waals surface area (Å²) in [5.74, 6) is -0.685. The summed E-state index contributed by atoms with van der Waals surface area (Å²) >= 11 is 0. The molecule has 2 N–H and O–H groups in total. The van der Waals surface area contributed by atoms with Crippen molar-refractivity contribution in [3.63, 3.8) is 0 Å². The van der Waals surface area contributed by atoms with E-state index in [0.717, 1.165) is 6.42 Å². The molecule has 1 atom stereocenters. The molecule has 10 heteroatoms. The minimum atomic E-state index is -0.484. The van der Waals surface area contributed by atoms with Crippen LogP contribution >= 0.6 is 0 Å². The predicted molar refractivity (Wildman–Crippen MR) is 149 cm³/mol. The lowest BCUT2D eigenvalue weighted by molar-refractivity contribution is -0.119. The number of rotatable bonds is 7. The third-order valence-corrected chi connectivity index (χ3v) is 7.64. The van der Waals surface area contributed by atoms with Crippen LogP contribution in [0.3, 0.4) is 0 Å². The zero-order valence-electron chi connectivity index (χ0n) is 22.3. The molecule has 0 bridgehead atoms. The van der Waals surface area contributed by atoms with Crippen LogP contribution in [0.15, 0.2) is 54.6 Å². The van der Waals surface area contributed by atoms with Gasteiger partial charge in [-0.05, 0) is 31.4 Å². The summed E-state index contributed by atoms with van der Waals surface area (Å²) in [4.78, 5) is 66.2. The van der Waals surface area contributed by atoms with Gasteiger partial charge in [-0.3, -0.25) is 24.0 Å². The Morgan fingerprint density at radius 2 is 1.71 bits per heavy atom. The van der Waals surface area contributed by atoms with Gasteiger partial charge in [0.2, 0.25) is 11.8 Å². The van der Waals surface area contributed by atoms with Gasteiger partial charge < -0.3 is 25.0 Å². The maximum Gasteiger partial charge on any atom is 0.256 e. The van der Waals surface area contributed by atoms with Crippen LogP contribution in [0.2, 0.25) is 0 Å². The van der Waals surface area contributed by atoms with Gasteiger partial charge in [-0.15, -0.1) is 0 Å². The predicted octanol–water partition coefficient (Wildman–Crippen LogP) is 3.83. The molecule has 3 amide bonds. The fourth-order valence-corrected chi connectivity index (χ4v) is 5.64. The number of nitrogens with zero attached hydrogens (tertiary/aromatic N) is 1. The van der Waals surface area contributed by atoms with Crippen LogP contribution in [0, 0.1) is 0 Å². The van der Waals surface area contributed by atoms with Gasteiger partial charge in [0.1, 0.15) is 6.04 Å². The Morgan fingerprint density at radius 3 is 2.49 bits per heavy atom. The highest BCUT2D eigenvalue weighted by molar-refractivity contribution is 6.30. The van der Waals surface area contributed by atoms with E-state index in [2.05, 4.69) is 10.6 Å². The molecule has 0 radical (unpaired) electrons. The van der Waals surface area contributed by atoms with Crippen LogP contribution in [0.4, 0.5) is 11.4 Å². The fourth-order valence-electron chi connectivity index (χ4n) is 5.64. The number of fused-ring (bicyclic) bond motifs is 4. The van der Waals surface area contributed by atoms with E-state index < -0.39 is 6.04 Å². The van der Waals surface area contributed by atoms with E-state index in [-0.39, 0.29) is 59.1 Å². The second kappa shape index (κ2) is 10.5. The first-order valence-electron chi connectivity index (χ1n) is 13.5. The van der Waals surface area contributed by atoms with Gasteiger partial charge in [-0.1, -0.05) is 36.4 Å². The second-order valence-corrected chi connectivity index (χ2v) is 10.1. The standard InChI is InChI=1S/C31H27N3O7/c1-40-24-15-20-22(33-30(38)23-11-5-13-34(23)31(20)39)16-25(24)41-14-6-12-26(35)32-21-10-4-9-19-27(21)29(37)18-8-3-2-7-17(18)28(19)36/h2-4,7-10,15-16,23H,5-6,11-14H2,1H3,(H,32,35)(H,33,38). The van der Waals surface area contributed by atoms with Crippen LogP contribution in [-0.4, -0.2) is 60.5 Å². The lowest BCUT2D eigenvalue weighted by Crippen LogP contribution is -2.40. The van der Waals surface area contributed by atoms with Crippen molar-refractivity contribution in [3.05, 3.63) is 82.4 Å². The van der Waals surface area contributed by atoms with Crippen LogP contribution in [-0.2, 0) is 9.59 Å². The van der Waals surface area contributed by atoms with Crippen molar-refractivity contribution in [2.45, 2.75) is 31.7 Å². The van der Waals surface area contributed by atoms with E-state index in [1.807, 2.05) is 0 Å². The molecule has 0 aromatic heterocycles. The first-order valence-corrected chi connectivity index (χ1v) is 13.5. The number of benzene rings is 3. The quantitative estimate of drug-likeness (QED) is 0.333. The molecule has 2 aliphatic heterocycles. The average Bonchev–Trinajstić information content (AvgIpc) is 3.45. The average molecular weight is 554 g/mol.